The molecule has 0 saturated carbocycles. The van der Waals surface area contributed by atoms with Gasteiger partial charge in [0, 0.05) is 0 Å². The number of hydrogen-bond donors (Lipinski definition) is 2. The monoisotopic (exact) mass is 238 g/mol. The first kappa shape index (κ1) is 13.7. The molecule has 4 nitrogen and oxygen atoms in total. The van der Waals surface area contributed by atoms with Gasteiger partial charge in [-0.3, -0.25) is 0 Å². The van der Waals surface area contributed by atoms with Gasteiger partial charge >= 0.3 is 0 Å². The lowest BCUT2D eigenvalue weighted by atomic mass is 10.2. The molecule has 0 aromatic heterocycles. The zero-order valence-electron chi connectivity index (χ0n) is 9.87. The van der Waals surface area contributed by atoms with Crippen LogP contribution < -0.4 is 4.74 Å². The fourth-order valence-electron chi connectivity index (χ4n) is 1.34. The largest absolute Gasteiger partial charge is 0.497 e. The molecule has 0 spiro atoms. The van der Waals surface area contributed by atoms with E-state index in [1.807, 2.05) is 24.3 Å². The van der Waals surface area contributed by atoms with Gasteiger partial charge in [-0.05, 0) is 17.7 Å². The molecule has 2 atom stereocenters. The van der Waals surface area contributed by atoms with Crippen LogP contribution in [0.2, 0.25) is 0 Å². The SMILES string of the molecule is C=C[C@@H](O)[C@H](CO)OCc1ccc(OC)cc1. The molecular formula is C13H18O4. The molecule has 2 N–H and O–H groups in total. The van der Waals surface area contributed by atoms with Crippen molar-refractivity contribution in [2.24, 2.45) is 0 Å². The lowest BCUT2D eigenvalue weighted by molar-refractivity contribution is -0.0539. The lowest BCUT2D eigenvalue weighted by Gasteiger charge is -2.18. The summed E-state index contributed by atoms with van der Waals surface area (Å²) in [4.78, 5) is 0. The Labute approximate surface area is 101 Å². The molecule has 0 heterocycles. The third-order valence-corrected chi connectivity index (χ3v) is 2.43. The first-order valence-corrected chi connectivity index (χ1v) is 5.37. The maximum absolute atomic E-state index is 9.45. The van der Waals surface area contributed by atoms with Crippen molar-refractivity contribution in [2.45, 2.75) is 18.8 Å². The molecule has 0 radical (unpaired) electrons. The average Bonchev–Trinajstić information content (AvgIpc) is 2.39. The molecule has 1 aromatic rings. The smallest absolute Gasteiger partial charge is 0.118 e. The maximum Gasteiger partial charge on any atom is 0.118 e. The third kappa shape index (κ3) is 4.19. The highest BCUT2D eigenvalue weighted by molar-refractivity contribution is 5.26. The minimum Gasteiger partial charge on any atom is -0.497 e. The minimum absolute atomic E-state index is 0.247. The van der Waals surface area contributed by atoms with Crippen LogP contribution >= 0.6 is 0 Å². The van der Waals surface area contributed by atoms with E-state index in [1.54, 1.807) is 7.11 Å². The van der Waals surface area contributed by atoms with Gasteiger partial charge in [-0.15, -0.1) is 6.58 Å². The van der Waals surface area contributed by atoms with Gasteiger partial charge in [0.05, 0.1) is 20.3 Å². The molecule has 0 unspecified atom stereocenters. The molecule has 0 amide bonds. The van der Waals surface area contributed by atoms with E-state index in [9.17, 15) is 5.11 Å². The summed E-state index contributed by atoms with van der Waals surface area (Å²) in [5, 5.41) is 18.5. The van der Waals surface area contributed by atoms with E-state index in [4.69, 9.17) is 14.6 Å². The summed E-state index contributed by atoms with van der Waals surface area (Å²) in [6, 6.07) is 7.40. The summed E-state index contributed by atoms with van der Waals surface area (Å²) in [7, 11) is 1.60. The Balaban J connectivity index is 2.50. The van der Waals surface area contributed by atoms with Gasteiger partial charge < -0.3 is 19.7 Å². The number of aliphatic hydroxyl groups is 2. The Morgan fingerprint density at radius 3 is 2.47 bits per heavy atom. The summed E-state index contributed by atoms with van der Waals surface area (Å²) >= 11 is 0. The van der Waals surface area contributed by atoms with Crippen LogP contribution in [0.1, 0.15) is 5.56 Å². The van der Waals surface area contributed by atoms with Crippen molar-refractivity contribution in [3.63, 3.8) is 0 Å². The Morgan fingerprint density at radius 1 is 1.35 bits per heavy atom. The van der Waals surface area contributed by atoms with Crippen LogP contribution in [0.25, 0.3) is 0 Å². The number of hydrogen-bond acceptors (Lipinski definition) is 4. The molecule has 0 fully saturated rings. The molecule has 4 heteroatoms. The highest BCUT2D eigenvalue weighted by Gasteiger charge is 2.15. The summed E-state index contributed by atoms with van der Waals surface area (Å²) in [5.41, 5.74) is 0.945. The van der Waals surface area contributed by atoms with Crippen LogP contribution in [-0.2, 0) is 11.3 Å². The molecule has 17 heavy (non-hydrogen) atoms. The predicted octanol–water partition coefficient (Wildman–Crippen LogP) is 1.12. The molecule has 0 aliphatic carbocycles. The Morgan fingerprint density at radius 2 is 2.00 bits per heavy atom. The van der Waals surface area contributed by atoms with E-state index >= 15 is 0 Å². The first-order valence-electron chi connectivity index (χ1n) is 5.37. The molecule has 1 rings (SSSR count). The quantitative estimate of drug-likeness (QED) is 0.699. The van der Waals surface area contributed by atoms with Crippen molar-refractivity contribution in [3.05, 3.63) is 42.5 Å². The predicted molar refractivity (Wildman–Crippen MR) is 64.9 cm³/mol. The van der Waals surface area contributed by atoms with Crippen molar-refractivity contribution in [1.82, 2.24) is 0 Å². The van der Waals surface area contributed by atoms with Crippen molar-refractivity contribution >= 4 is 0 Å². The topological polar surface area (TPSA) is 58.9 Å². The zero-order chi connectivity index (χ0) is 12.7. The number of rotatable bonds is 7. The van der Waals surface area contributed by atoms with Gasteiger partial charge in [-0.2, -0.15) is 0 Å². The fraction of sp³-hybridized carbons (Fsp3) is 0.385. The highest BCUT2D eigenvalue weighted by Crippen LogP contribution is 2.13. The summed E-state index contributed by atoms with van der Waals surface area (Å²) in [6.07, 6.45) is -0.164. The Kier molecular flexibility index (Phi) is 5.69. The normalized spacial score (nSPS) is 14.1. The van der Waals surface area contributed by atoms with E-state index in [0.29, 0.717) is 6.61 Å². The van der Waals surface area contributed by atoms with Gasteiger partial charge in [0.1, 0.15) is 18.0 Å². The number of methoxy groups -OCH3 is 1. The van der Waals surface area contributed by atoms with Gasteiger partial charge in [-0.25, -0.2) is 0 Å². The Bertz CT molecular complexity index is 334. The molecule has 0 aliphatic heterocycles. The van der Waals surface area contributed by atoms with E-state index < -0.39 is 12.2 Å². The standard InChI is InChI=1S/C13H18O4/c1-3-12(15)13(8-14)17-9-10-4-6-11(16-2)7-5-10/h3-7,12-15H,1,8-9H2,2H3/t12-,13+/m1/s1. The summed E-state index contributed by atoms with van der Waals surface area (Å²) in [5.74, 6) is 0.776. The van der Waals surface area contributed by atoms with E-state index in [-0.39, 0.29) is 6.61 Å². The van der Waals surface area contributed by atoms with Crippen LogP contribution in [-0.4, -0.2) is 36.1 Å². The van der Waals surface area contributed by atoms with Gasteiger partial charge in [0.2, 0.25) is 0 Å². The van der Waals surface area contributed by atoms with Crippen molar-refractivity contribution in [1.29, 1.82) is 0 Å². The average molecular weight is 238 g/mol. The molecule has 0 aliphatic rings. The second-order valence-corrected chi connectivity index (χ2v) is 3.61. The van der Waals surface area contributed by atoms with Crippen LogP contribution in [0.4, 0.5) is 0 Å². The zero-order valence-corrected chi connectivity index (χ0v) is 9.87. The minimum atomic E-state index is -0.863. The van der Waals surface area contributed by atoms with Crippen LogP contribution in [0.15, 0.2) is 36.9 Å². The van der Waals surface area contributed by atoms with Gasteiger partial charge in [-0.1, -0.05) is 18.2 Å². The second kappa shape index (κ2) is 7.06. The van der Waals surface area contributed by atoms with Crippen LogP contribution in [0.3, 0.4) is 0 Å². The van der Waals surface area contributed by atoms with E-state index in [0.717, 1.165) is 11.3 Å². The van der Waals surface area contributed by atoms with Gasteiger partial charge in [0.15, 0.2) is 0 Å². The highest BCUT2D eigenvalue weighted by atomic mass is 16.5. The van der Waals surface area contributed by atoms with Crippen molar-refractivity contribution in [2.75, 3.05) is 13.7 Å². The van der Waals surface area contributed by atoms with Crippen LogP contribution in [0, 0.1) is 0 Å². The number of benzene rings is 1. The molecule has 0 bridgehead atoms. The van der Waals surface area contributed by atoms with E-state index in [2.05, 4.69) is 6.58 Å². The molecule has 94 valence electrons. The van der Waals surface area contributed by atoms with E-state index in [1.165, 1.54) is 6.08 Å². The van der Waals surface area contributed by atoms with Crippen molar-refractivity contribution in [3.8, 4) is 5.75 Å². The fourth-order valence-corrected chi connectivity index (χ4v) is 1.34. The van der Waals surface area contributed by atoms with Crippen LogP contribution in [0.5, 0.6) is 5.75 Å². The Hall–Kier alpha value is -1.36. The maximum atomic E-state index is 9.45. The first-order chi connectivity index (χ1) is 8.21. The summed E-state index contributed by atoms with van der Waals surface area (Å²) < 4.78 is 10.4. The molecule has 1 aromatic carbocycles. The van der Waals surface area contributed by atoms with Crippen molar-refractivity contribution < 1.29 is 19.7 Å². The summed E-state index contributed by atoms with van der Waals surface area (Å²) in [6.45, 7) is 3.52. The number of aliphatic hydroxyl groups excluding tert-OH is 2. The number of ether oxygens (including phenoxy) is 2. The molecule has 0 saturated heterocycles. The van der Waals surface area contributed by atoms with Gasteiger partial charge in [0.25, 0.3) is 0 Å². The second-order valence-electron chi connectivity index (χ2n) is 3.61. The lowest BCUT2D eigenvalue weighted by Crippen LogP contribution is -2.30. The third-order valence-electron chi connectivity index (χ3n) is 2.43. The molecular weight excluding hydrogens is 220 g/mol.